The first-order chi connectivity index (χ1) is 14.9. The lowest BCUT2D eigenvalue weighted by molar-refractivity contribution is 0.614. The molecule has 8 heteroatoms. The summed E-state index contributed by atoms with van der Waals surface area (Å²) in [5.41, 5.74) is 2.87. The van der Waals surface area contributed by atoms with E-state index in [1.165, 1.54) is 28.9 Å². The van der Waals surface area contributed by atoms with Crippen molar-refractivity contribution in [1.82, 2.24) is 9.78 Å². The molecule has 0 spiro atoms. The minimum absolute atomic E-state index is 0.0605. The zero-order valence-electron chi connectivity index (χ0n) is 16.0. The number of benzene rings is 3. The highest BCUT2D eigenvalue weighted by molar-refractivity contribution is 7.71. The maximum absolute atomic E-state index is 13.5. The van der Waals surface area contributed by atoms with Gasteiger partial charge in [0.05, 0.1) is 23.2 Å². The van der Waals surface area contributed by atoms with Crippen molar-refractivity contribution in [2.75, 3.05) is 0 Å². The molecule has 4 rings (SSSR count). The van der Waals surface area contributed by atoms with Crippen molar-refractivity contribution in [2.45, 2.75) is 5.75 Å². The fourth-order valence-electron chi connectivity index (χ4n) is 3.30. The first-order valence-corrected chi connectivity index (χ1v) is 11.0. The van der Waals surface area contributed by atoms with E-state index in [1.54, 1.807) is 54.7 Å². The van der Waals surface area contributed by atoms with E-state index in [-0.39, 0.29) is 5.75 Å². The second-order valence-corrected chi connectivity index (χ2v) is 8.24. The quantitative estimate of drug-likeness (QED) is 0.452. The van der Waals surface area contributed by atoms with E-state index >= 15 is 0 Å². The smallest absolute Gasteiger partial charge is 0.267 e. The predicted octanol–water partition coefficient (Wildman–Crippen LogP) is 4.47. The molecule has 0 bridgehead atoms. The van der Waals surface area contributed by atoms with Crippen molar-refractivity contribution in [1.29, 1.82) is 0 Å². The Hall–Kier alpha value is -3.29. The molecule has 5 nitrogen and oxygen atoms in total. The Morgan fingerprint density at radius 1 is 0.935 bits per heavy atom. The summed E-state index contributed by atoms with van der Waals surface area (Å²) < 4.78 is 36.7. The van der Waals surface area contributed by atoms with Gasteiger partial charge < -0.3 is 0 Å². The lowest BCUT2D eigenvalue weighted by Gasteiger charge is -2.13. The molecular weight excluding hydrogens is 439 g/mol. The number of rotatable bonds is 5. The van der Waals surface area contributed by atoms with Gasteiger partial charge in [-0.15, -0.1) is 0 Å². The molecule has 3 aromatic carbocycles. The topological polar surface area (TPSA) is 69.0 Å². The van der Waals surface area contributed by atoms with Crippen LogP contribution in [0.5, 0.6) is 0 Å². The van der Waals surface area contributed by atoms with Crippen LogP contribution in [0.3, 0.4) is 0 Å². The third-order valence-electron chi connectivity index (χ3n) is 4.74. The average Bonchev–Trinajstić information content (AvgIpc) is 2.74. The van der Waals surface area contributed by atoms with Crippen molar-refractivity contribution in [2.24, 2.45) is 0 Å². The molecule has 0 amide bonds. The fourth-order valence-corrected chi connectivity index (χ4v) is 3.99. The van der Waals surface area contributed by atoms with Gasteiger partial charge in [-0.1, -0.05) is 54.1 Å². The van der Waals surface area contributed by atoms with Crippen LogP contribution >= 0.6 is 11.6 Å². The van der Waals surface area contributed by atoms with E-state index in [0.29, 0.717) is 38.5 Å². The molecule has 0 unspecified atom stereocenters. The van der Waals surface area contributed by atoms with Crippen molar-refractivity contribution >= 4 is 22.3 Å². The van der Waals surface area contributed by atoms with Crippen LogP contribution in [-0.4, -0.2) is 18.2 Å². The van der Waals surface area contributed by atoms with Crippen LogP contribution in [0.4, 0.5) is 4.39 Å². The van der Waals surface area contributed by atoms with Gasteiger partial charge in [0.15, 0.2) is 0 Å². The Balaban J connectivity index is 1.92. The Morgan fingerprint density at radius 2 is 1.61 bits per heavy atom. The standard InChI is InChI=1S/C23H16ClFN2O3S/c24-18-2-1-3-20(12-18)27-23(28)22(17-8-10-19(25)11-9-17)21(13-26-27)16-6-4-15(5-7-16)14-31(29)30/h1-13,31H,14H2. The third kappa shape index (κ3) is 4.57. The van der Waals surface area contributed by atoms with Crippen molar-refractivity contribution < 1.29 is 12.8 Å². The van der Waals surface area contributed by atoms with E-state index in [1.807, 2.05) is 0 Å². The molecule has 0 fully saturated rings. The molecule has 31 heavy (non-hydrogen) atoms. The molecule has 1 heterocycles. The lowest BCUT2D eigenvalue weighted by Crippen LogP contribution is -2.23. The van der Waals surface area contributed by atoms with Gasteiger partial charge in [0.25, 0.3) is 5.56 Å². The molecule has 1 aromatic heterocycles. The van der Waals surface area contributed by atoms with Crippen LogP contribution in [-0.2, 0) is 16.5 Å². The van der Waals surface area contributed by atoms with Crippen LogP contribution in [0.2, 0.25) is 5.02 Å². The van der Waals surface area contributed by atoms with Crippen molar-refractivity contribution in [3.63, 3.8) is 0 Å². The molecule has 0 aliphatic carbocycles. The van der Waals surface area contributed by atoms with Gasteiger partial charge in [-0.05, 0) is 47.0 Å². The molecule has 0 radical (unpaired) electrons. The van der Waals surface area contributed by atoms with Crippen molar-refractivity contribution in [3.8, 4) is 27.9 Å². The first-order valence-electron chi connectivity index (χ1n) is 9.28. The van der Waals surface area contributed by atoms with E-state index < -0.39 is 22.1 Å². The zero-order valence-corrected chi connectivity index (χ0v) is 17.7. The normalized spacial score (nSPS) is 11.1. The Morgan fingerprint density at radius 3 is 2.26 bits per heavy atom. The van der Waals surface area contributed by atoms with E-state index in [0.717, 1.165) is 0 Å². The minimum atomic E-state index is -2.54. The van der Waals surface area contributed by atoms with E-state index in [2.05, 4.69) is 5.10 Å². The molecular formula is C23H16ClFN2O3S. The number of hydrogen-bond donors (Lipinski definition) is 1. The maximum atomic E-state index is 13.5. The highest BCUT2D eigenvalue weighted by Crippen LogP contribution is 2.30. The molecule has 0 aliphatic rings. The summed E-state index contributed by atoms with van der Waals surface area (Å²) in [5, 5.41) is 4.78. The van der Waals surface area contributed by atoms with Crippen LogP contribution in [0.25, 0.3) is 27.9 Å². The Kier molecular flexibility index (Phi) is 5.97. The summed E-state index contributed by atoms with van der Waals surface area (Å²) in [5.74, 6) is -0.472. The maximum Gasteiger partial charge on any atom is 0.279 e. The van der Waals surface area contributed by atoms with Gasteiger partial charge in [-0.25, -0.2) is 12.8 Å². The summed E-state index contributed by atoms with van der Waals surface area (Å²) in [6.45, 7) is 0. The van der Waals surface area contributed by atoms with Gasteiger partial charge in [0, 0.05) is 10.6 Å². The monoisotopic (exact) mass is 454 g/mol. The Labute approximate surface area is 184 Å². The second kappa shape index (κ2) is 8.83. The molecule has 0 aliphatic heterocycles. The number of halogens is 2. The van der Waals surface area contributed by atoms with Crippen LogP contribution in [0.15, 0.2) is 83.8 Å². The van der Waals surface area contributed by atoms with Gasteiger partial charge in [0.2, 0.25) is 0 Å². The van der Waals surface area contributed by atoms with Gasteiger partial charge in [-0.2, -0.15) is 9.78 Å². The molecule has 0 atom stereocenters. The highest BCUT2D eigenvalue weighted by atomic mass is 35.5. The highest BCUT2D eigenvalue weighted by Gasteiger charge is 2.16. The number of thiol groups is 1. The van der Waals surface area contributed by atoms with E-state index in [4.69, 9.17) is 11.6 Å². The SMILES string of the molecule is O=c1c(-c2ccc(F)cc2)c(-c2ccc(C[SH](=O)=O)cc2)cnn1-c1cccc(Cl)c1. The largest absolute Gasteiger partial charge is 0.279 e. The number of aromatic nitrogens is 2. The molecule has 4 aromatic rings. The van der Waals surface area contributed by atoms with Crippen LogP contribution < -0.4 is 5.56 Å². The molecule has 0 N–H and O–H groups in total. The number of nitrogens with zero attached hydrogens (tertiary/aromatic N) is 2. The summed E-state index contributed by atoms with van der Waals surface area (Å²) in [6, 6.07) is 19.3. The zero-order chi connectivity index (χ0) is 22.0. The summed E-state index contributed by atoms with van der Waals surface area (Å²) in [6.07, 6.45) is 1.56. The second-order valence-electron chi connectivity index (χ2n) is 6.82. The summed E-state index contributed by atoms with van der Waals surface area (Å²) >= 11 is 6.07. The first kappa shape index (κ1) is 21.0. The molecule has 156 valence electrons. The Bertz CT molecular complexity index is 1370. The van der Waals surface area contributed by atoms with E-state index in [9.17, 15) is 17.6 Å². The summed E-state index contributed by atoms with van der Waals surface area (Å²) in [7, 11) is -2.54. The minimum Gasteiger partial charge on any atom is -0.267 e. The predicted molar refractivity (Wildman–Crippen MR) is 120 cm³/mol. The molecule has 0 saturated carbocycles. The van der Waals surface area contributed by atoms with Gasteiger partial charge in [0.1, 0.15) is 16.5 Å². The van der Waals surface area contributed by atoms with Gasteiger partial charge in [-0.3, -0.25) is 4.79 Å². The lowest BCUT2D eigenvalue weighted by atomic mass is 9.96. The fraction of sp³-hybridized carbons (Fsp3) is 0.0435. The third-order valence-corrected chi connectivity index (χ3v) is 5.60. The van der Waals surface area contributed by atoms with Crippen molar-refractivity contribution in [3.05, 3.63) is 106 Å². The van der Waals surface area contributed by atoms with Crippen LogP contribution in [0.1, 0.15) is 5.56 Å². The van der Waals surface area contributed by atoms with Gasteiger partial charge >= 0.3 is 0 Å². The molecule has 0 saturated heterocycles. The van der Waals surface area contributed by atoms with Crippen LogP contribution in [0, 0.1) is 5.82 Å². The average molecular weight is 455 g/mol. The summed E-state index contributed by atoms with van der Waals surface area (Å²) in [4.78, 5) is 13.5. The number of hydrogen-bond acceptors (Lipinski definition) is 4.